The fourth-order valence-corrected chi connectivity index (χ4v) is 2.19. The van der Waals surface area contributed by atoms with Crippen LogP contribution in [0.1, 0.15) is 12.5 Å². The van der Waals surface area contributed by atoms with Gasteiger partial charge in [0.15, 0.2) is 0 Å². The molecule has 1 rings (SSSR count). The predicted octanol–water partition coefficient (Wildman–Crippen LogP) is 5.03. The number of halogens is 5. The van der Waals surface area contributed by atoms with Gasteiger partial charge in [-0.2, -0.15) is 18.4 Å². The summed E-state index contributed by atoms with van der Waals surface area (Å²) in [5.41, 5.74) is -0.162. The summed E-state index contributed by atoms with van der Waals surface area (Å²) in [4.78, 5) is 0. The van der Waals surface area contributed by atoms with Crippen LogP contribution in [0.15, 0.2) is 39.9 Å². The van der Waals surface area contributed by atoms with Crippen molar-refractivity contribution in [2.24, 2.45) is 0 Å². The molecule has 0 radical (unpaired) electrons. The largest absolute Gasteiger partial charge is 0.413 e. The highest BCUT2D eigenvalue weighted by Gasteiger charge is 2.33. The molecule has 0 amide bonds. The van der Waals surface area contributed by atoms with Gasteiger partial charge in [-0.3, -0.25) is 0 Å². The Labute approximate surface area is 134 Å². The Morgan fingerprint density at radius 3 is 2.19 bits per heavy atom. The van der Waals surface area contributed by atoms with Crippen LogP contribution in [0.25, 0.3) is 5.70 Å². The molecule has 7 heteroatoms. The van der Waals surface area contributed by atoms with Gasteiger partial charge in [0, 0.05) is 22.1 Å². The van der Waals surface area contributed by atoms with Crippen LogP contribution in [0.3, 0.4) is 0 Å². The van der Waals surface area contributed by atoms with E-state index < -0.39 is 11.7 Å². The fourth-order valence-electron chi connectivity index (χ4n) is 1.56. The third-order valence-electron chi connectivity index (χ3n) is 2.72. The maximum atomic E-state index is 12.8. The van der Waals surface area contributed by atoms with E-state index in [1.54, 1.807) is 30.3 Å². The molecule has 0 heterocycles. The van der Waals surface area contributed by atoms with E-state index in [-0.39, 0.29) is 15.8 Å². The number of allylic oxidation sites excluding steroid dienone is 3. The van der Waals surface area contributed by atoms with E-state index in [4.69, 9.17) is 11.6 Å². The van der Waals surface area contributed by atoms with Crippen LogP contribution in [0.4, 0.5) is 13.2 Å². The summed E-state index contributed by atoms with van der Waals surface area (Å²) >= 11 is 8.65. The minimum Gasteiger partial charge on any atom is -0.387 e. The van der Waals surface area contributed by atoms with Crippen molar-refractivity contribution in [1.29, 1.82) is 5.26 Å². The van der Waals surface area contributed by atoms with Gasteiger partial charge < -0.3 is 5.32 Å². The molecule has 0 aliphatic heterocycles. The van der Waals surface area contributed by atoms with Gasteiger partial charge in [0.05, 0.1) is 11.3 Å². The van der Waals surface area contributed by atoms with Gasteiger partial charge in [0.25, 0.3) is 0 Å². The molecule has 1 N–H and O–H groups in total. The van der Waals surface area contributed by atoms with Crippen molar-refractivity contribution in [3.8, 4) is 6.07 Å². The van der Waals surface area contributed by atoms with Crippen LogP contribution < -0.4 is 5.32 Å². The Kier molecular flexibility index (Phi) is 5.87. The molecule has 0 aromatic heterocycles. The van der Waals surface area contributed by atoms with Gasteiger partial charge in [-0.25, -0.2) is 0 Å². The van der Waals surface area contributed by atoms with Crippen LogP contribution in [0, 0.1) is 11.3 Å². The molecular weight excluding hydrogens is 369 g/mol. The first-order valence-electron chi connectivity index (χ1n) is 5.74. The molecular formula is C14H11BrClF3N2. The molecule has 0 bridgehead atoms. The van der Waals surface area contributed by atoms with E-state index in [1.165, 1.54) is 7.05 Å². The lowest BCUT2D eigenvalue weighted by molar-refractivity contribution is -0.0915. The summed E-state index contributed by atoms with van der Waals surface area (Å²) in [6, 6.07) is 8.23. The summed E-state index contributed by atoms with van der Waals surface area (Å²) < 4.78 is 38.0. The Balaban J connectivity index is 3.52. The fraction of sp³-hybridized carbons (Fsp3) is 0.214. The van der Waals surface area contributed by atoms with Crippen LogP contribution in [0.2, 0.25) is 5.02 Å². The van der Waals surface area contributed by atoms with Gasteiger partial charge in [-0.15, -0.1) is 0 Å². The maximum Gasteiger partial charge on any atom is 0.413 e. The Hall–Kier alpha value is -1.45. The zero-order valence-electron chi connectivity index (χ0n) is 11.1. The molecule has 2 nitrogen and oxygen atoms in total. The van der Waals surface area contributed by atoms with E-state index in [0.29, 0.717) is 10.6 Å². The van der Waals surface area contributed by atoms with Crippen molar-refractivity contribution in [2.45, 2.75) is 13.1 Å². The van der Waals surface area contributed by atoms with Crippen molar-refractivity contribution >= 4 is 33.2 Å². The number of hydrogen-bond donors (Lipinski definition) is 1. The number of alkyl halides is 3. The van der Waals surface area contributed by atoms with Crippen LogP contribution in [0.5, 0.6) is 0 Å². The summed E-state index contributed by atoms with van der Waals surface area (Å²) in [5.74, 6) is 0. The third kappa shape index (κ3) is 4.26. The third-order valence-corrected chi connectivity index (χ3v) is 3.96. The number of nitrogens with one attached hydrogen (secondary N) is 1. The van der Waals surface area contributed by atoms with Crippen molar-refractivity contribution in [2.75, 3.05) is 7.05 Å². The molecule has 21 heavy (non-hydrogen) atoms. The second kappa shape index (κ2) is 7.01. The van der Waals surface area contributed by atoms with E-state index >= 15 is 0 Å². The smallest absolute Gasteiger partial charge is 0.387 e. The zero-order valence-corrected chi connectivity index (χ0v) is 13.5. The first kappa shape index (κ1) is 17.6. The normalized spacial score (nSPS) is 14.0. The minimum absolute atomic E-state index is 0.130. The summed E-state index contributed by atoms with van der Waals surface area (Å²) in [7, 11) is 1.53. The Bertz CT molecular complexity index is 625. The molecule has 0 unspecified atom stereocenters. The minimum atomic E-state index is -4.51. The van der Waals surface area contributed by atoms with Crippen LogP contribution in [-0.4, -0.2) is 13.2 Å². The average Bonchev–Trinajstić information content (AvgIpc) is 2.43. The number of hydrogen-bond acceptors (Lipinski definition) is 2. The lowest BCUT2D eigenvalue weighted by Gasteiger charge is -2.14. The van der Waals surface area contributed by atoms with Gasteiger partial charge >= 0.3 is 6.18 Å². The molecule has 0 fully saturated rings. The van der Waals surface area contributed by atoms with Crippen LogP contribution >= 0.6 is 27.5 Å². The highest BCUT2D eigenvalue weighted by molar-refractivity contribution is 9.12. The number of rotatable bonds is 3. The zero-order chi connectivity index (χ0) is 16.2. The summed E-state index contributed by atoms with van der Waals surface area (Å²) in [5, 5.41) is 12.5. The Morgan fingerprint density at radius 1 is 1.29 bits per heavy atom. The quantitative estimate of drug-likeness (QED) is 0.591. The van der Waals surface area contributed by atoms with Gasteiger partial charge in [-0.05, 0) is 40.5 Å². The van der Waals surface area contributed by atoms with Crippen molar-refractivity contribution < 1.29 is 13.2 Å². The Morgan fingerprint density at radius 2 is 1.81 bits per heavy atom. The summed E-state index contributed by atoms with van der Waals surface area (Å²) in [6.45, 7) is 0.913. The standard InChI is InChI=1S/C14H11BrClF3N2/c1-8(14(17,18)19)12(15)11(7-20)13(21-2)9-3-5-10(16)6-4-9/h3-6,21H,1-2H3/b12-8-,13-11-. The van der Waals surface area contributed by atoms with E-state index in [1.807, 2.05) is 0 Å². The lowest BCUT2D eigenvalue weighted by atomic mass is 10.0. The van der Waals surface area contributed by atoms with E-state index in [0.717, 1.165) is 6.92 Å². The SMILES string of the molecule is CN/C(=C(C#N)\C(Br)=C(/C)C(F)(F)F)c1ccc(Cl)cc1. The van der Waals surface area contributed by atoms with E-state index in [9.17, 15) is 18.4 Å². The number of benzene rings is 1. The van der Waals surface area contributed by atoms with Crippen molar-refractivity contribution in [1.82, 2.24) is 5.32 Å². The molecule has 0 atom stereocenters. The molecule has 1 aromatic rings. The molecule has 0 aliphatic carbocycles. The number of nitrogens with zero attached hydrogens (tertiary/aromatic N) is 1. The lowest BCUT2D eigenvalue weighted by Crippen LogP contribution is -2.13. The maximum absolute atomic E-state index is 12.8. The highest BCUT2D eigenvalue weighted by Crippen LogP contribution is 2.35. The molecule has 0 saturated carbocycles. The molecule has 0 aliphatic rings. The van der Waals surface area contributed by atoms with Crippen molar-refractivity contribution in [3.63, 3.8) is 0 Å². The highest BCUT2D eigenvalue weighted by atomic mass is 79.9. The average molecular weight is 380 g/mol. The first-order chi connectivity index (χ1) is 9.72. The molecule has 0 saturated heterocycles. The second-order valence-corrected chi connectivity index (χ2v) is 5.28. The van der Waals surface area contributed by atoms with Crippen LogP contribution in [-0.2, 0) is 0 Å². The first-order valence-corrected chi connectivity index (χ1v) is 6.91. The predicted molar refractivity (Wildman–Crippen MR) is 80.7 cm³/mol. The van der Waals surface area contributed by atoms with Gasteiger partial charge in [0.2, 0.25) is 0 Å². The number of nitriles is 1. The van der Waals surface area contributed by atoms with E-state index in [2.05, 4.69) is 21.2 Å². The van der Waals surface area contributed by atoms with Gasteiger partial charge in [-0.1, -0.05) is 23.7 Å². The van der Waals surface area contributed by atoms with Crippen molar-refractivity contribution in [3.05, 3.63) is 50.5 Å². The molecule has 1 aromatic carbocycles. The van der Waals surface area contributed by atoms with Gasteiger partial charge in [0.1, 0.15) is 6.07 Å². The summed E-state index contributed by atoms with van der Waals surface area (Å²) in [6.07, 6.45) is -4.51. The monoisotopic (exact) mass is 378 g/mol. The molecule has 112 valence electrons. The second-order valence-electron chi connectivity index (χ2n) is 4.06. The molecule has 0 spiro atoms. The topological polar surface area (TPSA) is 35.8 Å².